The number of esters is 1. The first kappa shape index (κ1) is 13.5. The molecule has 1 fully saturated rings. The number of carbonyl (C=O) groups excluding carboxylic acids is 1. The molecule has 1 heterocycles. The Hall–Kier alpha value is -0.610. The van der Waals surface area contributed by atoms with Gasteiger partial charge >= 0.3 is 5.97 Å². The van der Waals surface area contributed by atoms with Gasteiger partial charge in [-0.15, -0.1) is 0 Å². The van der Waals surface area contributed by atoms with Crippen LogP contribution in [0.5, 0.6) is 0 Å². The lowest BCUT2D eigenvalue weighted by molar-refractivity contribution is -0.148. The van der Waals surface area contributed by atoms with E-state index in [4.69, 9.17) is 9.47 Å². The van der Waals surface area contributed by atoms with E-state index < -0.39 is 0 Å². The number of nitrogens with one attached hydrogen (secondary N) is 1. The molecule has 94 valence electrons. The average molecular weight is 229 g/mol. The molecule has 0 aromatic carbocycles. The molecule has 0 spiro atoms. The van der Waals surface area contributed by atoms with Crippen molar-refractivity contribution < 1.29 is 14.3 Å². The van der Waals surface area contributed by atoms with Crippen LogP contribution in [-0.4, -0.2) is 38.4 Å². The molecule has 0 amide bonds. The van der Waals surface area contributed by atoms with Crippen LogP contribution in [-0.2, 0) is 14.3 Å². The third kappa shape index (κ3) is 5.47. The van der Waals surface area contributed by atoms with Crippen LogP contribution in [0.25, 0.3) is 0 Å². The predicted molar refractivity (Wildman–Crippen MR) is 62.3 cm³/mol. The Bertz CT molecular complexity index is 191. The Balaban J connectivity index is 1.97. The number of ether oxygens (including phenoxy) is 2. The summed E-state index contributed by atoms with van der Waals surface area (Å²) < 4.78 is 10.4. The Morgan fingerprint density at radius 1 is 1.31 bits per heavy atom. The number of piperidine rings is 1. The highest BCUT2D eigenvalue weighted by atomic mass is 16.6. The van der Waals surface area contributed by atoms with Gasteiger partial charge < -0.3 is 14.8 Å². The number of rotatable bonds is 7. The van der Waals surface area contributed by atoms with Gasteiger partial charge in [-0.2, -0.15) is 0 Å². The minimum absolute atomic E-state index is 0.0932. The first-order valence-corrected chi connectivity index (χ1v) is 6.32. The van der Waals surface area contributed by atoms with E-state index in [9.17, 15) is 4.79 Å². The van der Waals surface area contributed by atoms with Crippen molar-refractivity contribution in [3.63, 3.8) is 0 Å². The quantitative estimate of drug-likeness (QED) is 0.531. The van der Waals surface area contributed by atoms with Gasteiger partial charge in [-0.1, -0.05) is 19.8 Å². The fraction of sp³-hybridized carbons (Fsp3) is 0.917. The molecule has 0 bridgehead atoms. The minimum atomic E-state index is -0.126. The third-order valence-electron chi connectivity index (χ3n) is 2.71. The fourth-order valence-corrected chi connectivity index (χ4v) is 1.70. The van der Waals surface area contributed by atoms with Gasteiger partial charge in [-0.3, -0.25) is 4.79 Å². The van der Waals surface area contributed by atoms with E-state index in [2.05, 4.69) is 12.2 Å². The predicted octanol–water partition coefficient (Wildman–Crippen LogP) is 1.49. The summed E-state index contributed by atoms with van der Waals surface area (Å²) in [7, 11) is 0. The van der Waals surface area contributed by atoms with Gasteiger partial charge in [-0.25, -0.2) is 0 Å². The summed E-state index contributed by atoms with van der Waals surface area (Å²) in [6, 6.07) is -0.0932. The van der Waals surface area contributed by atoms with E-state index in [0.29, 0.717) is 13.2 Å². The van der Waals surface area contributed by atoms with Gasteiger partial charge in [0.2, 0.25) is 0 Å². The summed E-state index contributed by atoms with van der Waals surface area (Å²) in [6.45, 7) is 4.69. The van der Waals surface area contributed by atoms with Crippen LogP contribution in [0.2, 0.25) is 0 Å². The van der Waals surface area contributed by atoms with Crippen molar-refractivity contribution in [2.45, 2.75) is 45.1 Å². The smallest absolute Gasteiger partial charge is 0.323 e. The van der Waals surface area contributed by atoms with Crippen molar-refractivity contribution in [2.75, 3.05) is 26.4 Å². The number of carbonyl (C=O) groups is 1. The molecule has 0 aromatic heterocycles. The van der Waals surface area contributed by atoms with E-state index in [1.54, 1.807) is 0 Å². The van der Waals surface area contributed by atoms with Gasteiger partial charge in [-0.05, 0) is 25.8 Å². The minimum Gasteiger partial charge on any atom is -0.462 e. The van der Waals surface area contributed by atoms with Gasteiger partial charge in [0.15, 0.2) is 0 Å². The molecule has 1 N–H and O–H groups in total. The Morgan fingerprint density at radius 3 is 2.88 bits per heavy atom. The van der Waals surface area contributed by atoms with Crippen LogP contribution < -0.4 is 5.32 Å². The zero-order valence-corrected chi connectivity index (χ0v) is 10.2. The van der Waals surface area contributed by atoms with Gasteiger partial charge in [0, 0.05) is 6.61 Å². The van der Waals surface area contributed by atoms with Crippen molar-refractivity contribution in [2.24, 2.45) is 0 Å². The molecule has 1 aliphatic heterocycles. The molecule has 1 saturated heterocycles. The van der Waals surface area contributed by atoms with Crippen LogP contribution in [0.4, 0.5) is 0 Å². The lowest BCUT2D eigenvalue weighted by atomic mass is 10.1. The standard InChI is InChI=1S/C12H23NO3/c1-2-3-8-15-9-10-16-12(14)11-6-4-5-7-13-11/h11,13H,2-10H2,1H3/t11-/m1/s1. The third-order valence-corrected chi connectivity index (χ3v) is 2.71. The van der Waals surface area contributed by atoms with Crippen molar-refractivity contribution >= 4 is 5.97 Å². The van der Waals surface area contributed by atoms with Crippen LogP contribution in [0, 0.1) is 0 Å². The summed E-state index contributed by atoms with van der Waals surface area (Å²) in [5, 5.41) is 3.16. The zero-order chi connectivity index (χ0) is 11.6. The van der Waals surface area contributed by atoms with E-state index >= 15 is 0 Å². The van der Waals surface area contributed by atoms with E-state index in [-0.39, 0.29) is 12.0 Å². The van der Waals surface area contributed by atoms with Crippen LogP contribution in [0.15, 0.2) is 0 Å². The summed E-state index contributed by atoms with van der Waals surface area (Å²) >= 11 is 0. The maximum atomic E-state index is 11.5. The number of hydrogen-bond donors (Lipinski definition) is 1. The summed E-state index contributed by atoms with van der Waals surface area (Å²) in [5.41, 5.74) is 0. The second kappa shape index (κ2) is 8.53. The monoisotopic (exact) mass is 229 g/mol. The molecule has 4 heteroatoms. The molecule has 0 saturated carbocycles. The Kier molecular flexibility index (Phi) is 7.17. The summed E-state index contributed by atoms with van der Waals surface area (Å²) in [4.78, 5) is 11.5. The largest absolute Gasteiger partial charge is 0.462 e. The van der Waals surface area contributed by atoms with Crippen LogP contribution in [0.1, 0.15) is 39.0 Å². The summed E-state index contributed by atoms with van der Waals surface area (Å²) in [6.07, 6.45) is 5.36. The molecule has 1 rings (SSSR count). The first-order valence-electron chi connectivity index (χ1n) is 6.32. The lowest BCUT2D eigenvalue weighted by Crippen LogP contribution is -2.41. The highest BCUT2D eigenvalue weighted by Crippen LogP contribution is 2.08. The van der Waals surface area contributed by atoms with Crippen molar-refractivity contribution in [3.05, 3.63) is 0 Å². The molecule has 0 radical (unpaired) electrons. The Morgan fingerprint density at radius 2 is 2.19 bits per heavy atom. The van der Waals surface area contributed by atoms with Gasteiger partial charge in [0.25, 0.3) is 0 Å². The molecule has 0 aliphatic carbocycles. The topological polar surface area (TPSA) is 47.6 Å². The SMILES string of the molecule is CCCCOCCOC(=O)[C@H]1CCCCN1. The maximum Gasteiger partial charge on any atom is 0.323 e. The Labute approximate surface area is 97.7 Å². The molecule has 0 aromatic rings. The van der Waals surface area contributed by atoms with Crippen LogP contribution >= 0.6 is 0 Å². The number of hydrogen-bond acceptors (Lipinski definition) is 4. The lowest BCUT2D eigenvalue weighted by Gasteiger charge is -2.21. The average Bonchev–Trinajstić information content (AvgIpc) is 2.34. The van der Waals surface area contributed by atoms with Crippen molar-refractivity contribution in [3.8, 4) is 0 Å². The second-order valence-electron chi connectivity index (χ2n) is 4.14. The molecule has 4 nitrogen and oxygen atoms in total. The maximum absolute atomic E-state index is 11.5. The zero-order valence-electron chi connectivity index (χ0n) is 10.2. The van der Waals surface area contributed by atoms with Gasteiger partial charge in [0.05, 0.1) is 6.61 Å². The molecule has 16 heavy (non-hydrogen) atoms. The van der Waals surface area contributed by atoms with Crippen molar-refractivity contribution in [1.82, 2.24) is 5.32 Å². The van der Waals surface area contributed by atoms with Crippen LogP contribution in [0.3, 0.4) is 0 Å². The van der Waals surface area contributed by atoms with E-state index in [1.165, 1.54) is 0 Å². The molecule has 1 aliphatic rings. The molecular formula is C12H23NO3. The van der Waals surface area contributed by atoms with E-state index in [1.807, 2.05) is 0 Å². The second-order valence-corrected chi connectivity index (χ2v) is 4.14. The van der Waals surface area contributed by atoms with Gasteiger partial charge in [0.1, 0.15) is 12.6 Å². The molecular weight excluding hydrogens is 206 g/mol. The highest BCUT2D eigenvalue weighted by molar-refractivity contribution is 5.75. The highest BCUT2D eigenvalue weighted by Gasteiger charge is 2.21. The molecule has 1 atom stereocenters. The first-order chi connectivity index (χ1) is 7.84. The normalized spacial score (nSPS) is 20.7. The fourth-order valence-electron chi connectivity index (χ4n) is 1.70. The number of unbranched alkanes of at least 4 members (excludes halogenated alkanes) is 1. The van der Waals surface area contributed by atoms with E-state index in [0.717, 1.165) is 45.3 Å². The summed E-state index contributed by atoms with van der Waals surface area (Å²) in [5.74, 6) is -0.126. The van der Waals surface area contributed by atoms with Crippen molar-refractivity contribution in [1.29, 1.82) is 0 Å². The molecule has 0 unspecified atom stereocenters.